The van der Waals surface area contributed by atoms with E-state index in [4.69, 9.17) is 9.31 Å². The number of nitrogens with zero attached hydrogens (tertiary/aromatic N) is 2. The predicted molar refractivity (Wildman–Crippen MR) is 105 cm³/mol. The molecule has 0 bridgehead atoms. The van der Waals surface area contributed by atoms with Gasteiger partial charge in [0.25, 0.3) is 0 Å². The van der Waals surface area contributed by atoms with Crippen molar-refractivity contribution in [2.45, 2.75) is 52.0 Å². The summed E-state index contributed by atoms with van der Waals surface area (Å²) in [5, 5.41) is 2.95. The third kappa shape index (κ3) is 3.33. The van der Waals surface area contributed by atoms with E-state index < -0.39 is 7.12 Å². The van der Waals surface area contributed by atoms with Crippen molar-refractivity contribution >= 4 is 24.3 Å². The normalized spacial score (nSPS) is 19.9. The number of rotatable bonds is 2. The Labute approximate surface area is 160 Å². The van der Waals surface area contributed by atoms with Crippen LogP contribution >= 0.6 is 0 Å². The second-order valence-electron chi connectivity index (χ2n) is 8.14. The number of nitrogens with one attached hydrogen (secondary N) is 1. The minimum Gasteiger partial charge on any atom is -0.399 e. The SMILES string of the molecule is CC1(C)OB(c2ccc(NC(=O)N3Cc4ccncc4C3)cc2)OC1(C)C. The van der Waals surface area contributed by atoms with Crippen molar-refractivity contribution in [3.63, 3.8) is 0 Å². The van der Waals surface area contributed by atoms with Crippen LogP contribution in [-0.2, 0) is 22.4 Å². The van der Waals surface area contributed by atoms with Crippen LogP contribution in [0.1, 0.15) is 38.8 Å². The molecule has 1 aromatic heterocycles. The van der Waals surface area contributed by atoms with Gasteiger partial charge in [-0.15, -0.1) is 0 Å². The molecule has 2 aromatic rings. The first-order valence-corrected chi connectivity index (χ1v) is 9.18. The van der Waals surface area contributed by atoms with Crippen LogP contribution in [0.15, 0.2) is 42.7 Å². The average Bonchev–Trinajstić information content (AvgIpc) is 3.14. The van der Waals surface area contributed by atoms with Crippen molar-refractivity contribution in [1.29, 1.82) is 0 Å². The highest BCUT2D eigenvalue weighted by atomic mass is 16.7. The van der Waals surface area contributed by atoms with Crippen molar-refractivity contribution in [3.8, 4) is 0 Å². The molecule has 1 aromatic carbocycles. The zero-order chi connectivity index (χ0) is 19.2. The third-order valence-corrected chi connectivity index (χ3v) is 5.70. The molecule has 0 spiro atoms. The zero-order valence-electron chi connectivity index (χ0n) is 16.2. The first-order valence-electron chi connectivity index (χ1n) is 9.18. The molecule has 1 N–H and O–H groups in total. The fourth-order valence-electron chi connectivity index (χ4n) is 3.27. The first-order chi connectivity index (χ1) is 12.7. The van der Waals surface area contributed by atoms with Gasteiger partial charge in [-0.05, 0) is 62.5 Å². The molecular weight excluding hydrogens is 341 g/mol. The van der Waals surface area contributed by atoms with E-state index in [1.807, 2.05) is 64.2 Å². The summed E-state index contributed by atoms with van der Waals surface area (Å²) in [4.78, 5) is 18.4. The van der Waals surface area contributed by atoms with Gasteiger partial charge in [-0.3, -0.25) is 4.98 Å². The van der Waals surface area contributed by atoms with Crippen molar-refractivity contribution in [2.24, 2.45) is 0 Å². The number of benzene rings is 1. The molecule has 4 rings (SSSR count). The van der Waals surface area contributed by atoms with Crippen molar-refractivity contribution in [2.75, 3.05) is 5.32 Å². The molecule has 1 saturated heterocycles. The van der Waals surface area contributed by atoms with E-state index in [2.05, 4.69) is 10.3 Å². The highest BCUT2D eigenvalue weighted by Gasteiger charge is 2.51. The van der Waals surface area contributed by atoms with E-state index in [0.29, 0.717) is 13.1 Å². The second-order valence-corrected chi connectivity index (χ2v) is 8.14. The molecule has 0 aliphatic carbocycles. The Morgan fingerprint density at radius 2 is 1.67 bits per heavy atom. The molecule has 3 heterocycles. The van der Waals surface area contributed by atoms with Crippen LogP contribution in [0.4, 0.5) is 10.5 Å². The number of amides is 2. The molecule has 0 saturated carbocycles. The molecule has 1 fully saturated rings. The van der Waals surface area contributed by atoms with E-state index in [1.54, 1.807) is 11.1 Å². The van der Waals surface area contributed by atoms with E-state index in [-0.39, 0.29) is 17.2 Å². The van der Waals surface area contributed by atoms with Gasteiger partial charge in [0, 0.05) is 31.2 Å². The lowest BCUT2D eigenvalue weighted by Gasteiger charge is -2.32. The Kier molecular flexibility index (Phi) is 4.24. The number of hydrogen-bond acceptors (Lipinski definition) is 4. The van der Waals surface area contributed by atoms with Gasteiger partial charge in [-0.1, -0.05) is 12.1 Å². The molecular formula is C20H24BN3O3. The molecule has 0 radical (unpaired) electrons. The van der Waals surface area contributed by atoms with Gasteiger partial charge >= 0.3 is 13.1 Å². The minimum absolute atomic E-state index is 0.116. The van der Waals surface area contributed by atoms with E-state index >= 15 is 0 Å². The first kappa shape index (κ1) is 18.0. The smallest absolute Gasteiger partial charge is 0.399 e. The number of carbonyl (C=O) groups is 1. The lowest BCUT2D eigenvalue weighted by molar-refractivity contribution is 0.00578. The number of urea groups is 1. The summed E-state index contributed by atoms with van der Waals surface area (Å²) >= 11 is 0. The maximum absolute atomic E-state index is 12.5. The molecule has 2 amide bonds. The van der Waals surface area contributed by atoms with E-state index in [1.165, 1.54) is 0 Å². The number of pyridine rings is 1. The number of fused-ring (bicyclic) bond motifs is 1. The Hall–Kier alpha value is -2.38. The molecule has 27 heavy (non-hydrogen) atoms. The number of carbonyl (C=O) groups excluding carboxylic acids is 1. The standard InChI is InChI=1S/C20H24BN3O3/c1-19(2)20(3,4)27-21(26-19)16-5-7-17(8-6-16)23-18(25)24-12-14-9-10-22-11-15(14)13-24/h5-11H,12-13H2,1-4H3,(H,23,25). The number of anilines is 1. The van der Waals surface area contributed by atoms with Gasteiger partial charge in [0.15, 0.2) is 0 Å². The maximum Gasteiger partial charge on any atom is 0.494 e. The van der Waals surface area contributed by atoms with Crippen molar-refractivity contribution in [3.05, 3.63) is 53.9 Å². The van der Waals surface area contributed by atoms with Crippen LogP contribution in [-0.4, -0.2) is 34.2 Å². The molecule has 140 valence electrons. The van der Waals surface area contributed by atoms with Crippen LogP contribution in [0.25, 0.3) is 0 Å². The molecule has 2 aliphatic heterocycles. The zero-order valence-corrected chi connectivity index (χ0v) is 16.2. The molecule has 7 heteroatoms. The predicted octanol–water partition coefficient (Wildman–Crippen LogP) is 2.93. The molecule has 2 aliphatic rings. The van der Waals surface area contributed by atoms with Crippen LogP contribution in [0.2, 0.25) is 0 Å². The van der Waals surface area contributed by atoms with Gasteiger partial charge < -0.3 is 19.5 Å². The summed E-state index contributed by atoms with van der Waals surface area (Å²) < 4.78 is 12.1. The highest BCUT2D eigenvalue weighted by Crippen LogP contribution is 2.36. The topological polar surface area (TPSA) is 63.7 Å². The van der Waals surface area contributed by atoms with Crippen molar-refractivity contribution < 1.29 is 14.1 Å². The number of hydrogen-bond donors (Lipinski definition) is 1. The van der Waals surface area contributed by atoms with Gasteiger partial charge in [-0.25, -0.2) is 4.79 Å². The summed E-state index contributed by atoms with van der Waals surface area (Å²) in [7, 11) is -0.402. The fraction of sp³-hybridized carbons (Fsp3) is 0.400. The van der Waals surface area contributed by atoms with Crippen molar-refractivity contribution in [1.82, 2.24) is 9.88 Å². The van der Waals surface area contributed by atoms with Gasteiger partial charge in [-0.2, -0.15) is 0 Å². The largest absolute Gasteiger partial charge is 0.494 e. The monoisotopic (exact) mass is 365 g/mol. The Balaban J connectivity index is 1.40. The van der Waals surface area contributed by atoms with Crippen LogP contribution in [0.5, 0.6) is 0 Å². The van der Waals surface area contributed by atoms with E-state index in [9.17, 15) is 4.79 Å². The fourth-order valence-corrected chi connectivity index (χ4v) is 3.27. The van der Waals surface area contributed by atoms with Gasteiger partial charge in [0.2, 0.25) is 0 Å². The summed E-state index contributed by atoms with van der Waals surface area (Å²) in [5.41, 5.74) is 3.19. The maximum atomic E-state index is 12.5. The summed E-state index contributed by atoms with van der Waals surface area (Å²) in [6.45, 7) is 9.32. The number of aromatic nitrogens is 1. The molecule has 0 unspecified atom stereocenters. The van der Waals surface area contributed by atoms with E-state index in [0.717, 1.165) is 22.3 Å². The van der Waals surface area contributed by atoms with Gasteiger partial charge in [0.05, 0.1) is 11.2 Å². The summed E-state index contributed by atoms with van der Waals surface area (Å²) in [5.74, 6) is 0. The third-order valence-electron chi connectivity index (χ3n) is 5.70. The average molecular weight is 365 g/mol. The van der Waals surface area contributed by atoms with Gasteiger partial charge in [0.1, 0.15) is 0 Å². The molecule has 6 nitrogen and oxygen atoms in total. The Morgan fingerprint density at radius 3 is 2.30 bits per heavy atom. The van der Waals surface area contributed by atoms with Crippen LogP contribution < -0.4 is 10.8 Å². The quantitative estimate of drug-likeness (QED) is 0.832. The lowest BCUT2D eigenvalue weighted by atomic mass is 9.79. The van der Waals surface area contributed by atoms with Crippen LogP contribution in [0.3, 0.4) is 0 Å². The second kappa shape index (κ2) is 6.35. The lowest BCUT2D eigenvalue weighted by Crippen LogP contribution is -2.41. The Bertz CT molecular complexity index is 826. The minimum atomic E-state index is -0.402. The summed E-state index contributed by atoms with van der Waals surface area (Å²) in [6.07, 6.45) is 3.58. The molecule has 0 atom stereocenters. The van der Waals surface area contributed by atoms with Crippen LogP contribution in [0, 0.1) is 0 Å². The summed E-state index contributed by atoms with van der Waals surface area (Å²) in [6, 6.07) is 9.46. The Morgan fingerprint density at radius 1 is 1.04 bits per heavy atom. The highest BCUT2D eigenvalue weighted by molar-refractivity contribution is 6.62.